The molecule has 0 aromatic rings. The molecule has 0 heterocycles. The second kappa shape index (κ2) is 7.29. The summed E-state index contributed by atoms with van der Waals surface area (Å²) in [6.07, 6.45) is 11.0. The van der Waals surface area contributed by atoms with E-state index in [4.69, 9.17) is 5.11 Å². The molecule has 0 radical (unpaired) electrons. The Kier molecular flexibility index (Phi) is 5.39. The summed E-state index contributed by atoms with van der Waals surface area (Å²) in [4.78, 5) is 11.1. The fourth-order valence-corrected chi connectivity index (χ4v) is 9.09. The fourth-order valence-electron chi connectivity index (χ4n) is 9.09. The molecule has 0 aromatic carbocycles. The Balaban J connectivity index is 1.56. The lowest BCUT2D eigenvalue weighted by molar-refractivity contribution is -0.149. The van der Waals surface area contributed by atoms with Crippen LogP contribution in [0.5, 0.6) is 0 Å². The van der Waals surface area contributed by atoms with Crippen LogP contribution in [0, 0.1) is 52.3 Å². The van der Waals surface area contributed by atoms with Crippen LogP contribution in [0.1, 0.15) is 91.9 Å². The number of carboxylic acids is 1. The molecular formula is C25H42O3. The van der Waals surface area contributed by atoms with Crippen LogP contribution in [-0.2, 0) is 4.79 Å². The number of aliphatic hydroxyl groups excluding tert-OH is 1. The van der Waals surface area contributed by atoms with Crippen LogP contribution in [0.15, 0.2) is 0 Å². The minimum atomic E-state index is -0.644. The summed E-state index contributed by atoms with van der Waals surface area (Å²) in [6, 6.07) is 0. The highest BCUT2D eigenvalue weighted by molar-refractivity contribution is 5.66. The number of carboxylic acid groups (broad SMARTS) is 1. The number of rotatable bonds is 4. The molecule has 0 saturated heterocycles. The van der Waals surface area contributed by atoms with Gasteiger partial charge in [-0.1, -0.05) is 27.7 Å². The van der Waals surface area contributed by atoms with E-state index in [1.54, 1.807) is 0 Å². The number of fused-ring (bicyclic) bond motifs is 5. The van der Waals surface area contributed by atoms with Crippen molar-refractivity contribution in [1.82, 2.24) is 0 Å². The van der Waals surface area contributed by atoms with Gasteiger partial charge in [-0.25, -0.2) is 0 Å². The zero-order valence-electron chi connectivity index (χ0n) is 18.5. The lowest BCUT2D eigenvalue weighted by Crippen LogP contribution is -2.56. The molecule has 160 valence electrons. The lowest BCUT2D eigenvalue weighted by Gasteiger charge is -2.63. The van der Waals surface area contributed by atoms with E-state index in [2.05, 4.69) is 27.7 Å². The van der Waals surface area contributed by atoms with Crippen molar-refractivity contribution in [2.24, 2.45) is 52.3 Å². The number of hydrogen-bond donors (Lipinski definition) is 2. The molecule has 0 amide bonds. The third kappa shape index (κ3) is 3.06. The normalized spacial score (nSPS) is 51.7. The standard InChI is InChI=1S/C25H42O3/c1-15(5-10-23(27)28)20-8-9-21-19-7-6-17-14-18(26)11-12-24(17,3)22(19)13-16(2)25(20,21)4/h15-22,26H,5-14H2,1-4H3,(H,27,28)/t15-,16+,17-,18-,19?,20?,21?,22?,24+,25?/m1/s1. The molecule has 4 aliphatic carbocycles. The van der Waals surface area contributed by atoms with Crippen molar-refractivity contribution in [2.45, 2.75) is 98.0 Å². The molecule has 4 fully saturated rings. The van der Waals surface area contributed by atoms with E-state index in [1.165, 1.54) is 38.5 Å². The number of aliphatic hydroxyl groups is 1. The van der Waals surface area contributed by atoms with Crippen LogP contribution in [0.3, 0.4) is 0 Å². The summed E-state index contributed by atoms with van der Waals surface area (Å²) in [6.45, 7) is 9.97. The Labute approximate surface area is 171 Å². The molecule has 28 heavy (non-hydrogen) atoms. The number of hydrogen-bond acceptors (Lipinski definition) is 2. The fraction of sp³-hybridized carbons (Fsp3) is 0.960. The van der Waals surface area contributed by atoms with Gasteiger partial charge in [-0.15, -0.1) is 0 Å². The van der Waals surface area contributed by atoms with Crippen molar-refractivity contribution in [2.75, 3.05) is 0 Å². The highest BCUT2D eigenvalue weighted by atomic mass is 16.4. The molecule has 4 aliphatic rings. The summed E-state index contributed by atoms with van der Waals surface area (Å²) in [5.74, 6) is 4.52. The summed E-state index contributed by atoms with van der Waals surface area (Å²) in [7, 11) is 0. The van der Waals surface area contributed by atoms with E-state index in [9.17, 15) is 9.90 Å². The van der Waals surface area contributed by atoms with Gasteiger partial charge in [-0.3, -0.25) is 4.79 Å². The van der Waals surface area contributed by atoms with Gasteiger partial charge in [0, 0.05) is 6.42 Å². The van der Waals surface area contributed by atoms with Gasteiger partial charge in [0.15, 0.2) is 0 Å². The van der Waals surface area contributed by atoms with Gasteiger partial charge in [0.2, 0.25) is 0 Å². The van der Waals surface area contributed by atoms with Gasteiger partial charge in [0.05, 0.1) is 6.10 Å². The van der Waals surface area contributed by atoms with E-state index in [0.717, 1.165) is 48.9 Å². The molecule has 10 atom stereocenters. The minimum absolute atomic E-state index is 0.0631. The van der Waals surface area contributed by atoms with E-state index < -0.39 is 5.97 Å². The predicted octanol–water partition coefficient (Wildman–Crippen LogP) is 5.75. The third-order valence-electron chi connectivity index (χ3n) is 10.8. The summed E-state index contributed by atoms with van der Waals surface area (Å²) in [5.41, 5.74) is 0.821. The van der Waals surface area contributed by atoms with Crippen molar-refractivity contribution in [1.29, 1.82) is 0 Å². The first-order valence-corrected chi connectivity index (χ1v) is 12.1. The second-order valence-electron chi connectivity index (χ2n) is 11.7. The average molecular weight is 391 g/mol. The van der Waals surface area contributed by atoms with Crippen molar-refractivity contribution >= 4 is 5.97 Å². The van der Waals surface area contributed by atoms with Crippen molar-refractivity contribution in [3.8, 4) is 0 Å². The average Bonchev–Trinajstić information content (AvgIpc) is 3.00. The summed E-state index contributed by atoms with van der Waals surface area (Å²) in [5, 5.41) is 19.4. The van der Waals surface area contributed by atoms with Gasteiger partial charge in [0.1, 0.15) is 0 Å². The summed E-state index contributed by atoms with van der Waals surface area (Å²) < 4.78 is 0. The van der Waals surface area contributed by atoms with Gasteiger partial charge in [-0.2, -0.15) is 0 Å². The van der Waals surface area contributed by atoms with E-state index in [-0.39, 0.29) is 6.10 Å². The maximum atomic E-state index is 11.1. The van der Waals surface area contributed by atoms with Crippen LogP contribution in [-0.4, -0.2) is 22.3 Å². The van der Waals surface area contributed by atoms with Crippen molar-refractivity contribution in [3.63, 3.8) is 0 Å². The van der Waals surface area contributed by atoms with Gasteiger partial charge < -0.3 is 10.2 Å². The molecule has 4 saturated carbocycles. The minimum Gasteiger partial charge on any atom is -0.481 e. The van der Waals surface area contributed by atoms with Crippen LogP contribution in [0.2, 0.25) is 0 Å². The zero-order valence-corrected chi connectivity index (χ0v) is 18.5. The van der Waals surface area contributed by atoms with E-state index in [0.29, 0.717) is 29.1 Å². The molecule has 3 heteroatoms. The largest absolute Gasteiger partial charge is 0.481 e. The van der Waals surface area contributed by atoms with Gasteiger partial charge in [0.25, 0.3) is 0 Å². The topological polar surface area (TPSA) is 57.5 Å². The SMILES string of the molecule is C[C@H](CCC(=O)O)C1CCC2C3CC[C@@H]4C[C@H](O)CC[C@]4(C)C3C[C@H](C)C21C. The van der Waals surface area contributed by atoms with E-state index in [1.807, 2.05) is 0 Å². The van der Waals surface area contributed by atoms with Crippen LogP contribution in [0.25, 0.3) is 0 Å². The quantitative estimate of drug-likeness (QED) is 0.642. The molecule has 0 aliphatic heterocycles. The van der Waals surface area contributed by atoms with Crippen LogP contribution < -0.4 is 0 Å². The molecule has 0 bridgehead atoms. The number of carbonyl (C=O) groups is 1. The first kappa shape index (κ1) is 20.7. The van der Waals surface area contributed by atoms with Crippen LogP contribution in [0.4, 0.5) is 0 Å². The number of aliphatic carboxylic acids is 1. The van der Waals surface area contributed by atoms with Crippen molar-refractivity contribution in [3.05, 3.63) is 0 Å². The highest BCUT2D eigenvalue weighted by Crippen LogP contribution is 2.69. The lowest BCUT2D eigenvalue weighted by atomic mass is 9.42. The highest BCUT2D eigenvalue weighted by Gasteiger charge is 2.62. The Morgan fingerprint density at radius 2 is 1.82 bits per heavy atom. The maximum Gasteiger partial charge on any atom is 0.303 e. The first-order chi connectivity index (χ1) is 13.2. The van der Waals surface area contributed by atoms with E-state index >= 15 is 0 Å². The Bertz CT molecular complexity index is 603. The van der Waals surface area contributed by atoms with Gasteiger partial charge in [-0.05, 0) is 110 Å². The zero-order chi connectivity index (χ0) is 20.3. The Morgan fingerprint density at radius 3 is 2.54 bits per heavy atom. The first-order valence-electron chi connectivity index (χ1n) is 12.1. The van der Waals surface area contributed by atoms with Gasteiger partial charge >= 0.3 is 5.97 Å². The molecule has 0 spiro atoms. The third-order valence-corrected chi connectivity index (χ3v) is 10.8. The summed E-state index contributed by atoms with van der Waals surface area (Å²) >= 11 is 0. The predicted molar refractivity (Wildman–Crippen MR) is 112 cm³/mol. The molecule has 4 rings (SSSR count). The molecular weight excluding hydrogens is 348 g/mol. The maximum absolute atomic E-state index is 11.1. The molecule has 0 aromatic heterocycles. The Morgan fingerprint density at radius 1 is 1.07 bits per heavy atom. The smallest absolute Gasteiger partial charge is 0.303 e. The van der Waals surface area contributed by atoms with Crippen molar-refractivity contribution < 1.29 is 15.0 Å². The Hall–Kier alpha value is -0.570. The molecule has 2 N–H and O–H groups in total. The van der Waals surface area contributed by atoms with Crippen LogP contribution >= 0.6 is 0 Å². The monoisotopic (exact) mass is 390 g/mol. The molecule has 3 nitrogen and oxygen atoms in total. The molecule has 5 unspecified atom stereocenters. The second-order valence-corrected chi connectivity index (χ2v) is 11.7.